The highest BCUT2D eigenvalue weighted by atomic mass is 127. The summed E-state index contributed by atoms with van der Waals surface area (Å²) in [6.07, 6.45) is 0. The number of halogens is 1. The van der Waals surface area contributed by atoms with Crippen molar-refractivity contribution in [2.24, 2.45) is 0 Å². The molecule has 146 valence electrons. The molecular formula is C20H20IN3O3S. The van der Waals surface area contributed by atoms with Gasteiger partial charge in [-0.15, -0.1) is 0 Å². The Morgan fingerprint density at radius 3 is 2.36 bits per heavy atom. The number of aryl methyl sites for hydroxylation is 1. The van der Waals surface area contributed by atoms with E-state index < -0.39 is 0 Å². The molecule has 2 amide bonds. The number of hydrogen-bond acceptors (Lipinski definition) is 4. The van der Waals surface area contributed by atoms with Gasteiger partial charge in [0.2, 0.25) is 0 Å². The van der Waals surface area contributed by atoms with Gasteiger partial charge in [0.05, 0.1) is 13.2 Å². The third-order valence-corrected chi connectivity index (χ3v) is 5.72. The molecule has 1 aliphatic heterocycles. The van der Waals surface area contributed by atoms with E-state index in [1.165, 1.54) is 0 Å². The van der Waals surface area contributed by atoms with Crippen LogP contribution in [0.25, 0.3) is 0 Å². The zero-order valence-electron chi connectivity index (χ0n) is 15.3. The lowest BCUT2D eigenvalue weighted by molar-refractivity contribution is 0.0303. The number of thiocarbonyl (C=S) groups is 1. The first-order valence-corrected chi connectivity index (χ1v) is 10.3. The Kier molecular flexibility index (Phi) is 6.97. The Balaban J connectivity index is 1.57. The molecule has 2 aromatic rings. The molecule has 1 fully saturated rings. The maximum absolute atomic E-state index is 12.5. The van der Waals surface area contributed by atoms with Crippen LogP contribution in [0.4, 0.5) is 5.69 Å². The second-order valence-electron chi connectivity index (χ2n) is 6.35. The van der Waals surface area contributed by atoms with Crippen LogP contribution < -0.4 is 10.6 Å². The van der Waals surface area contributed by atoms with Gasteiger partial charge in [0, 0.05) is 33.5 Å². The summed E-state index contributed by atoms with van der Waals surface area (Å²) in [4.78, 5) is 26.6. The van der Waals surface area contributed by atoms with Gasteiger partial charge in [0.15, 0.2) is 5.11 Å². The molecule has 0 aliphatic carbocycles. The molecule has 0 atom stereocenters. The number of rotatable bonds is 3. The summed E-state index contributed by atoms with van der Waals surface area (Å²) in [6.45, 7) is 4.33. The molecule has 28 heavy (non-hydrogen) atoms. The van der Waals surface area contributed by atoms with E-state index in [4.69, 9.17) is 17.0 Å². The number of nitrogens with zero attached hydrogens (tertiary/aromatic N) is 1. The van der Waals surface area contributed by atoms with E-state index in [9.17, 15) is 9.59 Å². The van der Waals surface area contributed by atoms with Gasteiger partial charge in [-0.3, -0.25) is 14.9 Å². The fourth-order valence-electron chi connectivity index (χ4n) is 2.72. The largest absolute Gasteiger partial charge is 0.378 e. The quantitative estimate of drug-likeness (QED) is 0.492. The highest BCUT2D eigenvalue weighted by Crippen LogP contribution is 2.14. The Morgan fingerprint density at radius 1 is 1.07 bits per heavy atom. The van der Waals surface area contributed by atoms with E-state index in [1.54, 1.807) is 35.2 Å². The van der Waals surface area contributed by atoms with Crippen LogP contribution in [-0.4, -0.2) is 48.1 Å². The molecule has 0 radical (unpaired) electrons. The van der Waals surface area contributed by atoms with Crippen LogP contribution in [0.5, 0.6) is 0 Å². The maximum atomic E-state index is 12.5. The second kappa shape index (κ2) is 9.44. The van der Waals surface area contributed by atoms with Crippen LogP contribution >= 0.6 is 34.8 Å². The molecule has 3 rings (SSSR count). The van der Waals surface area contributed by atoms with Gasteiger partial charge in [0.1, 0.15) is 0 Å². The Hall–Kier alpha value is -2.04. The molecule has 6 nitrogen and oxygen atoms in total. The smallest absolute Gasteiger partial charge is 0.257 e. The molecule has 2 aromatic carbocycles. The first kappa shape index (κ1) is 20.7. The monoisotopic (exact) mass is 509 g/mol. The topological polar surface area (TPSA) is 70.7 Å². The number of anilines is 1. The molecular weight excluding hydrogens is 489 g/mol. The molecule has 0 spiro atoms. The van der Waals surface area contributed by atoms with Crippen molar-refractivity contribution in [1.29, 1.82) is 0 Å². The van der Waals surface area contributed by atoms with Crippen molar-refractivity contribution < 1.29 is 14.3 Å². The highest BCUT2D eigenvalue weighted by Gasteiger charge is 2.18. The molecule has 0 aromatic heterocycles. The van der Waals surface area contributed by atoms with Crippen LogP contribution in [0.2, 0.25) is 0 Å². The fraction of sp³-hybridized carbons (Fsp3) is 0.250. The van der Waals surface area contributed by atoms with E-state index in [0.717, 1.165) is 9.13 Å². The molecule has 2 N–H and O–H groups in total. The molecule has 0 unspecified atom stereocenters. The minimum Gasteiger partial charge on any atom is -0.378 e. The number of morpholine rings is 1. The minimum atomic E-state index is -0.269. The molecule has 0 saturated carbocycles. The standard InChI is InChI=1S/C20H20IN3O3S/c1-13-2-3-15(12-17(13)21)18(25)23-20(28)22-16-6-4-14(5-7-16)19(26)24-8-10-27-11-9-24/h2-7,12H,8-11H2,1H3,(H2,22,23,25,28). The van der Waals surface area contributed by atoms with Crippen molar-refractivity contribution in [3.05, 3.63) is 62.7 Å². The van der Waals surface area contributed by atoms with Gasteiger partial charge in [-0.05, 0) is 83.7 Å². The lowest BCUT2D eigenvalue weighted by atomic mass is 10.1. The van der Waals surface area contributed by atoms with Crippen molar-refractivity contribution in [2.45, 2.75) is 6.92 Å². The Bertz CT molecular complexity index is 896. The number of ether oxygens (including phenoxy) is 1. The third-order valence-electron chi connectivity index (χ3n) is 4.35. The van der Waals surface area contributed by atoms with Gasteiger partial charge >= 0.3 is 0 Å². The Morgan fingerprint density at radius 2 is 1.71 bits per heavy atom. The molecule has 1 saturated heterocycles. The van der Waals surface area contributed by atoms with E-state index in [2.05, 4.69) is 33.2 Å². The molecule has 0 bridgehead atoms. The lowest BCUT2D eigenvalue weighted by Crippen LogP contribution is -2.40. The van der Waals surface area contributed by atoms with E-state index in [1.807, 2.05) is 19.1 Å². The van der Waals surface area contributed by atoms with Crippen molar-refractivity contribution in [3.63, 3.8) is 0 Å². The van der Waals surface area contributed by atoms with Crippen LogP contribution in [0.15, 0.2) is 42.5 Å². The van der Waals surface area contributed by atoms with Crippen LogP contribution in [-0.2, 0) is 4.74 Å². The number of carbonyl (C=O) groups is 2. The van der Waals surface area contributed by atoms with E-state index in [0.29, 0.717) is 43.1 Å². The number of carbonyl (C=O) groups excluding carboxylic acids is 2. The summed E-state index contributed by atoms with van der Waals surface area (Å²) >= 11 is 7.42. The molecule has 1 heterocycles. The zero-order chi connectivity index (χ0) is 20.1. The van der Waals surface area contributed by atoms with Crippen LogP contribution in [0.3, 0.4) is 0 Å². The lowest BCUT2D eigenvalue weighted by Gasteiger charge is -2.26. The first-order chi connectivity index (χ1) is 13.4. The summed E-state index contributed by atoms with van der Waals surface area (Å²) < 4.78 is 6.29. The number of nitrogens with one attached hydrogen (secondary N) is 2. The van der Waals surface area contributed by atoms with Crippen molar-refractivity contribution in [1.82, 2.24) is 10.2 Å². The van der Waals surface area contributed by atoms with Crippen LogP contribution in [0.1, 0.15) is 26.3 Å². The number of hydrogen-bond donors (Lipinski definition) is 2. The number of amides is 2. The van der Waals surface area contributed by atoms with Crippen molar-refractivity contribution >= 4 is 57.4 Å². The van der Waals surface area contributed by atoms with E-state index >= 15 is 0 Å². The predicted molar refractivity (Wildman–Crippen MR) is 121 cm³/mol. The highest BCUT2D eigenvalue weighted by molar-refractivity contribution is 14.1. The van der Waals surface area contributed by atoms with Crippen molar-refractivity contribution in [3.8, 4) is 0 Å². The molecule has 8 heteroatoms. The summed E-state index contributed by atoms with van der Waals surface area (Å²) in [6, 6.07) is 12.5. The Labute approximate surface area is 182 Å². The zero-order valence-corrected chi connectivity index (χ0v) is 18.3. The summed E-state index contributed by atoms with van der Waals surface area (Å²) in [7, 11) is 0. The summed E-state index contributed by atoms with van der Waals surface area (Å²) in [5.74, 6) is -0.283. The summed E-state index contributed by atoms with van der Waals surface area (Å²) in [5.41, 5.74) is 2.97. The SMILES string of the molecule is Cc1ccc(C(=O)NC(=S)Nc2ccc(C(=O)N3CCOCC3)cc2)cc1I. The van der Waals surface area contributed by atoms with Crippen LogP contribution in [0, 0.1) is 10.5 Å². The van der Waals surface area contributed by atoms with Crippen molar-refractivity contribution in [2.75, 3.05) is 31.6 Å². The molecule has 1 aliphatic rings. The number of benzene rings is 2. The summed E-state index contributed by atoms with van der Waals surface area (Å²) in [5, 5.41) is 5.84. The maximum Gasteiger partial charge on any atom is 0.257 e. The predicted octanol–water partition coefficient (Wildman–Crippen LogP) is 3.20. The van der Waals surface area contributed by atoms with Gasteiger partial charge < -0.3 is 15.0 Å². The third kappa shape index (κ3) is 5.27. The van der Waals surface area contributed by atoms with Gasteiger partial charge in [-0.25, -0.2) is 0 Å². The van der Waals surface area contributed by atoms with Gasteiger partial charge in [-0.1, -0.05) is 6.07 Å². The normalized spacial score (nSPS) is 13.7. The minimum absolute atomic E-state index is 0.0142. The fourth-order valence-corrected chi connectivity index (χ4v) is 3.44. The van der Waals surface area contributed by atoms with Gasteiger partial charge in [0.25, 0.3) is 11.8 Å². The average molecular weight is 509 g/mol. The second-order valence-corrected chi connectivity index (χ2v) is 7.92. The van der Waals surface area contributed by atoms with Gasteiger partial charge in [-0.2, -0.15) is 0 Å². The van der Waals surface area contributed by atoms with E-state index in [-0.39, 0.29) is 16.9 Å². The first-order valence-electron chi connectivity index (χ1n) is 8.79. The average Bonchev–Trinajstić information content (AvgIpc) is 2.70.